The Kier molecular flexibility index (Phi) is 1.83. The lowest BCUT2D eigenvalue weighted by Gasteiger charge is -1.93. The first-order valence-corrected chi connectivity index (χ1v) is 4.46. The molecular weight excluding hydrogens is 168 g/mol. The normalized spacial score (nSPS) is 11.7. The third kappa shape index (κ3) is 1.32. The van der Waals surface area contributed by atoms with Crippen molar-refractivity contribution >= 4 is 11.4 Å². The topological polar surface area (TPSA) is 52.1 Å². The van der Waals surface area contributed by atoms with E-state index in [1.807, 2.05) is 20.8 Å². The Bertz CT molecular complexity index is 383. The second kappa shape index (κ2) is 2.87. The molecule has 0 atom stereocenters. The van der Waals surface area contributed by atoms with E-state index < -0.39 is 0 Å². The summed E-state index contributed by atoms with van der Waals surface area (Å²) in [5.74, 6) is 2.08. The van der Waals surface area contributed by atoms with Crippen LogP contribution in [0.3, 0.4) is 0 Å². The van der Waals surface area contributed by atoms with Gasteiger partial charge in [0, 0.05) is 12.3 Å². The molecule has 2 aromatic heterocycles. The lowest BCUT2D eigenvalue weighted by Crippen LogP contribution is -1.86. The largest absolute Gasteiger partial charge is 0.408 e. The summed E-state index contributed by atoms with van der Waals surface area (Å²) >= 11 is 0. The zero-order chi connectivity index (χ0) is 9.42. The van der Waals surface area contributed by atoms with Crippen LogP contribution in [0.1, 0.15) is 38.5 Å². The first-order valence-electron chi connectivity index (χ1n) is 4.46. The van der Waals surface area contributed by atoms with Gasteiger partial charge < -0.3 is 8.83 Å². The van der Waals surface area contributed by atoms with Gasteiger partial charge in [0.05, 0.1) is 0 Å². The van der Waals surface area contributed by atoms with Crippen LogP contribution in [0.4, 0.5) is 0 Å². The minimum atomic E-state index is 0.273. The first-order chi connectivity index (χ1) is 6.20. The van der Waals surface area contributed by atoms with Crippen molar-refractivity contribution in [1.82, 2.24) is 9.97 Å². The SMILES string of the molecule is CCc1nc2nc(C(C)C)oc2o1. The van der Waals surface area contributed by atoms with Crippen molar-refractivity contribution in [1.29, 1.82) is 0 Å². The maximum absolute atomic E-state index is 5.37. The van der Waals surface area contributed by atoms with Gasteiger partial charge in [0.15, 0.2) is 0 Å². The van der Waals surface area contributed by atoms with Crippen LogP contribution in [-0.2, 0) is 6.42 Å². The summed E-state index contributed by atoms with van der Waals surface area (Å²) in [4.78, 5) is 8.37. The minimum Gasteiger partial charge on any atom is -0.408 e. The number of hydrogen-bond donors (Lipinski definition) is 0. The average molecular weight is 180 g/mol. The van der Waals surface area contributed by atoms with Crippen LogP contribution < -0.4 is 0 Å². The van der Waals surface area contributed by atoms with Crippen LogP contribution in [0.5, 0.6) is 0 Å². The van der Waals surface area contributed by atoms with Gasteiger partial charge in [0.2, 0.25) is 17.4 Å². The summed E-state index contributed by atoms with van der Waals surface area (Å²) in [6.45, 7) is 6.02. The molecule has 0 unspecified atom stereocenters. The second-order valence-electron chi connectivity index (χ2n) is 3.28. The van der Waals surface area contributed by atoms with Crippen molar-refractivity contribution in [2.75, 3.05) is 0 Å². The van der Waals surface area contributed by atoms with Gasteiger partial charge in [-0.1, -0.05) is 20.8 Å². The van der Waals surface area contributed by atoms with Crippen LogP contribution in [-0.4, -0.2) is 9.97 Å². The first kappa shape index (κ1) is 8.29. The molecule has 0 saturated heterocycles. The molecule has 0 saturated carbocycles. The quantitative estimate of drug-likeness (QED) is 0.712. The fraction of sp³-hybridized carbons (Fsp3) is 0.556. The van der Waals surface area contributed by atoms with Gasteiger partial charge in [-0.25, -0.2) is 0 Å². The number of nitrogens with zero attached hydrogens (tertiary/aromatic N) is 2. The lowest BCUT2D eigenvalue weighted by atomic mass is 10.2. The van der Waals surface area contributed by atoms with Gasteiger partial charge in [0.25, 0.3) is 0 Å². The lowest BCUT2D eigenvalue weighted by molar-refractivity contribution is 0.409. The van der Waals surface area contributed by atoms with Crippen molar-refractivity contribution in [3.8, 4) is 0 Å². The Morgan fingerprint density at radius 2 is 2.00 bits per heavy atom. The summed E-state index contributed by atoms with van der Waals surface area (Å²) in [6, 6.07) is 0. The number of aromatic nitrogens is 2. The van der Waals surface area contributed by atoms with Gasteiger partial charge in [0.1, 0.15) is 0 Å². The molecule has 0 N–H and O–H groups in total. The van der Waals surface area contributed by atoms with Crippen LogP contribution in [0.2, 0.25) is 0 Å². The Morgan fingerprint density at radius 1 is 1.23 bits per heavy atom. The van der Waals surface area contributed by atoms with Gasteiger partial charge in [-0.3, -0.25) is 0 Å². The highest BCUT2D eigenvalue weighted by molar-refractivity contribution is 5.60. The Labute approximate surface area is 76.0 Å². The molecule has 2 aromatic rings. The van der Waals surface area contributed by atoms with E-state index >= 15 is 0 Å². The third-order valence-electron chi connectivity index (χ3n) is 1.83. The van der Waals surface area contributed by atoms with Crippen LogP contribution >= 0.6 is 0 Å². The number of hydrogen-bond acceptors (Lipinski definition) is 4. The zero-order valence-corrected chi connectivity index (χ0v) is 8.00. The molecule has 0 bridgehead atoms. The van der Waals surface area contributed by atoms with E-state index in [0.717, 1.165) is 6.42 Å². The highest BCUT2D eigenvalue weighted by Crippen LogP contribution is 2.21. The molecule has 2 rings (SSSR count). The van der Waals surface area contributed by atoms with Crippen LogP contribution in [0, 0.1) is 0 Å². The van der Waals surface area contributed by atoms with Crippen molar-refractivity contribution < 1.29 is 8.83 Å². The van der Waals surface area contributed by atoms with E-state index in [0.29, 0.717) is 23.2 Å². The van der Waals surface area contributed by atoms with Crippen LogP contribution in [0.15, 0.2) is 8.83 Å². The Morgan fingerprint density at radius 3 is 2.54 bits per heavy atom. The van der Waals surface area contributed by atoms with Gasteiger partial charge in [-0.05, 0) is 0 Å². The fourth-order valence-electron chi connectivity index (χ4n) is 1.10. The summed E-state index contributed by atoms with van der Waals surface area (Å²) in [7, 11) is 0. The molecule has 13 heavy (non-hydrogen) atoms. The molecule has 0 amide bonds. The van der Waals surface area contributed by atoms with Gasteiger partial charge >= 0.3 is 5.78 Å². The molecule has 0 aliphatic carbocycles. The number of fused-ring (bicyclic) bond motifs is 1. The fourth-order valence-corrected chi connectivity index (χ4v) is 1.10. The maximum Gasteiger partial charge on any atom is 0.339 e. The van der Waals surface area contributed by atoms with E-state index in [1.54, 1.807) is 0 Å². The average Bonchev–Trinajstić information content (AvgIpc) is 2.58. The maximum atomic E-state index is 5.37. The summed E-state index contributed by atoms with van der Waals surface area (Å²) in [5.41, 5.74) is 0.584. The van der Waals surface area contributed by atoms with Crippen molar-refractivity contribution in [2.24, 2.45) is 0 Å². The van der Waals surface area contributed by atoms with E-state index in [1.165, 1.54) is 0 Å². The molecule has 0 aliphatic heterocycles. The van der Waals surface area contributed by atoms with Crippen molar-refractivity contribution in [3.05, 3.63) is 11.8 Å². The minimum absolute atomic E-state index is 0.273. The second-order valence-corrected chi connectivity index (χ2v) is 3.28. The van der Waals surface area contributed by atoms with Gasteiger partial charge in [-0.2, -0.15) is 9.97 Å². The van der Waals surface area contributed by atoms with E-state index in [2.05, 4.69) is 9.97 Å². The monoisotopic (exact) mass is 180 g/mol. The summed E-state index contributed by atoms with van der Waals surface area (Å²) in [5, 5.41) is 0. The number of oxazole rings is 2. The molecule has 0 spiro atoms. The highest BCUT2D eigenvalue weighted by Gasteiger charge is 2.14. The molecule has 0 aliphatic rings. The third-order valence-corrected chi connectivity index (χ3v) is 1.83. The smallest absolute Gasteiger partial charge is 0.339 e. The zero-order valence-electron chi connectivity index (χ0n) is 8.00. The summed E-state index contributed by atoms with van der Waals surface area (Å²) in [6.07, 6.45) is 0.767. The van der Waals surface area contributed by atoms with E-state index in [-0.39, 0.29) is 5.92 Å². The molecular formula is C9H12N2O2. The molecule has 0 fully saturated rings. The molecule has 4 nitrogen and oxygen atoms in total. The van der Waals surface area contributed by atoms with E-state index in [4.69, 9.17) is 8.83 Å². The Hall–Kier alpha value is -1.32. The number of rotatable bonds is 2. The van der Waals surface area contributed by atoms with Crippen LogP contribution in [0.25, 0.3) is 11.4 Å². The summed E-state index contributed by atoms with van der Waals surface area (Å²) < 4.78 is 10.7. The molecule has 0 radical (unpaired) electrons. The Balaban J connectivity index is 2.48. The van der Waals surface area contributed by atoms with Gasteiger partial charge in [-0.15, -0.1) is 0 Å². The number of aryl methyl sites for hydroxylation is 1. The standard InChI is InChI=1S/C9H12N2O2/c1-4-6-10-7-9(12-6)13-8(11-7)5(2)3/h5H,4H2,1-3H3. The predicted molar refractivity (Wildman–Crippen MR) is 47.5 cm³/mol. The molecule has 70 valence electrons. The highest BCUT2D eigenvalue weighted by atomic mass is 16.5. The molecule has 2 heterocycles. The van der Waals surface area contributed by atoms with E-state index in [9.17, 15) is 0 Å². The predicted octanol–water partition coefficient (Wildman–Crippen LogP) is 2.50. The molecule has 4 heteroatoms. The van der Waals surface area contributed by atoms with Crippen molar-refractivity contribution in [2.45, 2.75) is 33.1 Å². The van der Waals surface area contributed by atoms with Crippen molar-refractivity contribution in [3.63, 3.8) is 0 Å². The molecule has 0 aromatic carbocycles.